The summed E-state index contributed by atoms with van der Waals surface area (Å²) >= 11 is 0. The Labute approximate surface area is 119 Å². The third kappa shape index (κ3) is 3.75. The Balaban J connectivity index is 1.95. The Bertz CT molecular complexity index is 567. The highest BCUT2D eigenvalue weighted by Crippen LogP contribution is 2.23. The van der Waals surface area contributed by atoms with Gasteiger partial charge in [0.2, 0.25) is 0 Å². The molecule has 0 bridgehead atoms. The highest BCUT2D eigenvalue weighted by Gasteiger charge is 2.07. The van der Waals surface area contributed by atoms with Crippen LogP contribution in [0.2, 0.25) is 0 Å². The Hall–Kier alpha value is -2.49. The van der Waals surface area contributed by atoms with Crippen molar-refractivity contribution in [3.05, 3.63) is 60.2 Å². The van der Waals surface area contributed by atoms with Crippen LogP contribution in [0, 0.1) is 0 Å². The number of rotatable bonds is 4. The second-order valence-electron chi connectivity index (χ2n) is 4.70. The molecule has 0 unspecified atom stereocenters. The number of carbonyl (C=O) groups excluding carboxylic acids is 1. The van der Waals surface area contributed by atoms with Crippen molar-refractivity contribution in [1.29, 1.82) is 0 Å². The van der Waals surface area contributed by atoms with E-state index in [0.29, 0.717) is 6.54 Å². The average Bonchev–Trinajstić information content (AvgIpc) is 2.46. The van der Waals surface area contributed by atoms with Gasteiger partial charge in [-0.1, -0.05) is 42.5 Å². The topological polar surface area (TPSA) is 44.4 Å². The van der Waals surface area contributed by atoms with E-state index in [0.717, 1.165) is 16.9 Å². The van der Waals surface area contributed by atoms with Gasteiger partial charge in [0.25, 0.3) is 0 Å². The molecule has 104 valence electrons. The van der Waals surface area contributed by atoms with E-state index in [1.807, 2.05) is 73.6 Å². The zero-order valence-corrected chi connectivity index (χ0v) is 11.8. The van der Waals surface area contributed by atoms with Crippen molar-refractivity contribution < 1.29 is 4.79 Å². The molecule has 0 atom stereocenters. The van der Waals surface area contributed by atoms with Gasteiger partial charge in [0.05, 0.1) is 11.4 Å². The molecule has 2 amide bonds. The van der Waals surface area contributed by atoms with Crippen LogP contribution in [0.3, 0.4) is 0 Å². The molecule has 20 heavy (non-hydrogen) atoms. The second kappa shape index (κ2) is 6.61. The van der Waals surface area contributed by atoms with Crippen molar-refractivity contribution in [3.8, 4) is 0 Å². The van der Waals surface area contributed by atoms with Crippen LogP contribution in [0.5, 0.6) is 0 Å². The molecular weight excluding hydrogens is 250 g/mol. The minimum absolute atomic E-state index is 0.205. The first kappa shape index (κ1) is 13.9. The molecule has 0 aliphatic heterocycles. The van der Waals surface area contributed by atoms with Crippen molar-refractivity contribution in [2.24, 2.45) is 0 Å². The van der Waals surface area contributed by atoms with Gasteiger partial charge in [0.15, 0.2) is 0 Å². The van der Waals surface area contributed by atoms with Gasteiger partial charge in [-0.15, -0.1) is 0 Å². The van der Waals surface area contributed by atoms with Crippen molar-refractivity contribution in [2.45, 2.75) is 6.54 Å². The summed E-state index contributed by atoms with van der Waals surface area (Å²) < 4.78 is 0. The quantitative estimate of drug-likeness (QED) is 0.896. The minimum Gasteiger partial charge on any atom is -0.376 e. The van der Waals surface area contributed by atoms with Crippen LogP contribution in [-0.4, -0.2) is 20.1 Å². The molecule has 2 aromatic carbocycles. The molecule has 0 fully saturated rings. The average molecular weight is 269 g/mol. The fourth-order valence-electron chi connectivity index (χ4n) is 1.91. The van der Waals surface area contributed by atoms with E-state index in [1.54, 1.807) is 0 Å². The third-order valence-electron chi connectivity index (χ3n) is 2.93. The van der Waals surface area contributed by atoms with E-state index in [1.165, 1.54) is 0 Å². The molecule has 0 saturated heterocycles. The Kier molecular flexibility index (Phi) is 4.60. The smallest absolute Gasteiger partial charge is 0.319 e. The van der Waals surface area contributed by atoms with E-state index < -0.39 is 0 Å². The van der Waals surface area contributed by atoms with Gasteiger partial charge in [-0.25, -0.2) is 4.79 Å². The van der Waals surface area contributed by atoms with E-state index in [9.17, 15) is 4.79 Å². The van der Waals surface area contributed by atoms with Crippen LogP contribution in [-0.2, 0) is 6.54 Å². The molecule has 0 aliphatic carbocycles. The Morgan fingerprint density at radius 3 is 2.35 bits per heavy atom. The van der Waals surface area contributed by atoms with Crippen LogP contribution >= 0.6 is 0 Å². The molecule has 0 saturated carbocycles. The van der Waals surface area contributed by atoms with Gasteiger partial charge < -0.3 is 15.5 Å². The lowest BCUT2D eigenvalue weighted by Crippen LogP contribution is -2.28. The molecule has 2 N–H and O–H groups in total. The molecule has 0 heterocycles. The van der Waals surface area contributed by atoms with Crippen molar-refractivity contribution >= 4 is 17.4 Å². The molecule has 2 rings (SSSR count). The van der Waals surface area contributed by atoms with Gasteiger partial charge in [-0.3, -0.25) is 0 Å². The summed E-state index contributed by atoms with van der Waals surface area (Å²) in [5.74, 6) is 0. The van der Waals surface area contributed by atoms with Crippen molar-refractivity contribution in [2.75, 3.05) is 24.3 Å². The SMILES string of the molecule is CN(C)c1ccccc1NC(=O)NCc1ccccc1. The fraction of sp³-hybridized carbons (Fsp3) is 0.188. The monoisotopic (exact) mass is 269 g/mol. The number of anilines is 2. The maximum absolute atomic E-state index is 11.9. The first-order valence-corrected chi connectivity index (χ1v) is 6.52. The van der Waals surface area contributed by atoms with Gasteiger partial charge in [-0.2, -0.15) is 0 Å². The molecule has 4 heteroatoms. The number of nitrogens with one attached hydrogen (secondary N) is 2. The van der Waals surface area contributed by atoms with Crippen LogP contribution < -0.4 is 15.5 Å². The van der Waals surface area contributed by atoms with Gasteiger partial charge in [0.1, 0.15) is 0 Å². The lowest BCUT2D eigenvalue weighted by molar-refractivity contribution is 0.252. The maximum Gasteiger partial charge on any atom is 0.319 e. The van der Waals surface area contributed by atoms with Gasteiger partial charge >= 0.3 is 6.03 Å². The predicted octanol–water partition coefficient (Wildman–Crippen LogP) is 3.07. The maximum atomic E-state index is 11.9. The minimum atomic E-state index is -0.205. The van der Waals surface area contributed by atoms with Crippen LogP contribution in [0.25, 0.3) is 0 Å². The van der Waals surface area contributed by atoms with Gasteiger partial charge in [0, 0.05) is 20.6 Å². The van der Waals surface area contributed by atoms with Crippen LogP contribution in [0.15, 0.2) is 54.6 Å². The molecule has 0 aliphatic rings. The molecule has 0 spiro atoms. The Morgan fingerprint density at radius 1 is 1.00 bits per heavy atom. The number of carbonyl (C=O) groups is 1. The number of para-hydroxylation sites is 2. The second-order valence-corrected chi connectivity index (χ2v) is 4.70. The highest BCUT2D eigenvalue weighted by molar-refractivity contribution is 5.93. The van der Waals surface area contributed by atoms with E-state index in [4.69, 9.17) is 0 Å². The predicted molar refractivity (Wildman–Crippen MR) is 83.1 cm³/mol. The summed E-state index contributed by atoms with van der Waals surface area (Å²) in [7, 11) is 3.89. The lowest BCUT2D eigenvalue weighted by Gasteiger charge is -2.17. The number of urea groups is 1. The molecular formula is C16H19N3O. The first-order chi connectivity index (χ1) is 9.66. The largest absolute Gasteiger partial charge is 0.376 e. The van der Waals surface area contributed by atoms with Crippen LogP contribution in [0.1, 0.15) is 5.56 Å². The normalized spacial score (nSPS) is 9.90. The van der Waals surface area contributed by atoms with E-state index in [-0.39, 0.29) is 6.03 Å². The van der Waals surface area contributed by atoms with Crippen LogP contribution in [0.4, 0.5) is 16.2 Å². The third-order valence-corrected chi connectivity index (χ3v) is 2.93. The highest BCUT2D eigenvalue weighted by atomic mass is 16.2. The number of hydrogen-bond donors (Lipinski definition) is 2. The number of nitrogens with zero attached hydrogens (tertiary/aromatic N) is 1. The van der Waals surface area contributed by atoms with Gasteiger partial charge in [-0.05, 0) is 17.7 Å². The lowest BCUT2D eigenvalue weighted by atomic mass is 10.2. The number of amides is 2. The summed E-state index contributed by atoms with van der Waals surface area (Å²) in [6, 6.07) is 17.3. The summed E-state index contributed by atoms with van der Waals surface area (Å²) in [4.78, 5) is 13.9. The fourth-order valence-corrected chi connectivity index (χ4v) is 1.91. The van der Waals surface area contributed by atoms with E-state index >= 15 is 0 Å². The first-order valence-electron chi connectivity index (χ1n) is 6.52. The summed E-state index contributed by atoms with van der Waals surface area (Å²) in [6.45, 7) is 0.511. The Morgan fingerprint density at radius 2 is 1.65 bits per heavy atom. The molecule has 0 radical (unpaired) electrons. The van der Waals surface area contributed by atoms with E-state index in [2.05, 4.69) is 10.6 Å². The molecule has 0 aromatic heterocycles. The molecule has 4 nitrogen and oxygen atoms in total. The summed E-state index contributed by atoms with van der Waals surface area (Å²) in [6.07, 6.45) is 0. The van der Waals surface area contributed by atoms with Crippen molar-refractivity contribution in [3.63, 3.8) is 0 Å². The molecule has 2 aromatic rings. The summed E-state index contributed by atoms with van der Waals surface area (Å²) in [5, 5.41) is 5.72. The number of hydrogen-bond acceptors (Lipinski definition) is 2. The summed E-state index contributed by atoms with van der Waals surface area (Å²) in [5.41, 5.74) is 2.84. The zero-order chi connectivity index (χ0) is 14.4. The zero-order valence-electron chi connectivity index (χ0n) is 11.8. The van der Waals surface area contributed by atoms with Crippen molar-refractivity contribution in [1.82, 2.24) is 5.32 Å². The number of benzene rings is 2. The standard InChI is InChI=1S/C16H19N3O/c1-19(2)15-11-7-6-10-14(15)18-16(20)17-12-13-8-4-3-5-9-13/h3-11H,12H2,1-2H3,(H2,17,18,20).